The summed E-state index contributed by atoms with van der Waals surface area (Å²) in [7, 11) is -6.66. The fraction of sp³-hybridized carbons (Fsp3) is 0.444. The Morgan fingerprint density at radius 1 is 0.444 bits per heavy atom. The van der Waals surface area contributed by atoms with E-state index < -0.39 is 20.2 Å². The Kier molecular flexibility index (Phi) is 27.0. The van der Waals surface area contributed by atoms with Crippen LogP contribution in [0.2, 0.25) is 0 Å². The normalized spacial score (nSPS) is 20.1. The maximum Gasteiger partial charge on any atom is 0.264 e. The predicted molar refractivity (Wildman–Crippen MR) is 302 cm³/mol. The van der Waals surface area contributed by atoms with Crippen LogP contribution in [-0.4, -0.2) is 133 Å². The Morgan fingerprint density at radius 2 is 0.722 bits per heavy atom. The first-order chi connectivity index (χ1) is 32.9. The van der Waals surface area contributed by atoms with Crippen molar-refractivity contribution in [2.75, 3.05) is 64.9 Å². The van der Waals surface area contributed by atoms with Crippen LogP contribution in [0.15, 0.2) is 159 Å². The van der Waals surface area contributed by atoms with E-state index in [1.54, 1.807) is 0 Å². The molecule has 4 aliphatic heterocycles. The van der Waals surface area contributed by atoms with Crippen LogP contribution in [0.1, 0.15) is 74.9 Å². The van der Waals surface area contributed by atoms with Crippen molar-refractivity contribution in [2.24, 2.45) is 0 Å². The molecule has 0 bridgehead atoms. The van der Waals surface area contributed by atoms with Crippen molar-refractivity contribution < 1.29 is 25.2 Å². The molecule has 4 aliphatic rings. The summed E-state index contributed by atoms with van der Waals surface area (Å²) in [5.41, 5.74) is 5.29. The number of rotatable bonds is 14. The van der Waals surface area contributed by atoms with Gasteiger partial charge >= 0.3 is 0 Å². The van der Waals surface area contributed by atoms with Gasteiger partial charge in [-0.15, -0.1) is 0 Å². The maximum atomic E-state index is 11.0. The van der Waals surface area contributed by atoms with E-state index >= 15 is 0 Å². The van der Waals surface area contributed by atoms with Gasteiger partial charge in [0.2, 0.25) is 0 Å². The Hall–Kier alpha value is -4.34. The first-order valence-electron chi connectivity index (χ1n) is 23.7. The van der Waals surface area contributed by atoms with Gasteiger partial charge in [0, 0.05) is 115 Å². The van der Waals surface area contributed by atoms with Crippen LogP contribution in [0, 0.1) is 0 Å². The fourth-order valence-electron chi connectivity index (χ4n) is 9.27. The van der Waals surface area contributed by atoms with Crippen molar-refractivity contribution >= 4 is 47.2 Å². The van der Waals surface area contributed by atoms with Crippen LogP contribution >= 0.6 is 27.0 Å². The summed E-state index contributed by atoms with van der Waals surface area (Å²) in [6.07, 6.45) is 17.6. The quantitative estimate of drug-likeness (QED) is 0.0967. The summed E-state index contributed by atoms with van der Waals surface area (Å²) in [5, 5.41) is 0. The van der Waals surface area contributed by atoms with Crippen LogP contribution in [0.4, 0.5) is 0 Å². The van der Waals surface area contributed by atoms with Crippen molar-refractivity contribution in [1.29, 1.82) is 0 Å². The lowest BCUT2D eigenvalue weighted by molar-refractivity contribution is 0.206. The minimum absolute atomic E-state index is 0. The maximum absolute atomic E-state index is 11.0. The predicted octanol–water partition coefficient (Wildman–Crippen LogP) is 8.63. The van der Waals surface area contributed by atoms with E-state index in [4.69, 9.17) is 8.37 Å². The topological polar surface area (TPSA) is 135 Å². The Labute approximate surface area is 445 Å². The summed E-state index contributed by atoms with van der Waals surface area (Å²) < 4.78 is 58.5. The van der Waals surface area contributed by atoms with Crippen LogP contribution in [0.3, 0.4) is 0 Å². The molecule has 0 amide bonds. The zero-order valence-electron chi connectivity index (χ0n) is 40.5. The highest BCUT2D eigenvalue weighted by Gasteiger charge is 2.28. The van der Waals surface area contributed by atoms with E-state index in [-0.39, 0.29) is 54.1 Å². The SMILES string of the molecule is C.C.CS(=O)(=O)O[C@@H]1CCN(Cc2ccccc2)C1.CS(=O)(=O)O[C@H]1CCN(Cc2ccccc2)C1.S.S.c1ccc(CN2CC[C@@H](n3ccnc3)C2)cc1.c1ccc(CN2CC[C@H](n3ccnc3)C2)cc1. The second-order valence-corrected chi connectivity index (χ2v) is 21.4. The average molecular weight is 1070 g/mol. The second-order valence-electron chi connectivity index (χ2n) is 18.2. The van der Waals surface area contributed by atoms with Crippen LogP contribution in [-0.2, 0) is 54.8 Å². The molecule has 14 nitrogen and oxygen atoms in total. The van der Waals surface area contributed by atoms with Crippen LogP contribution < -0.4 is 0 Å². The van der Waals surface area contributed by atoms with Crippen LogP contribution in [0.25, 0.3) is 0 Å². The van der Waals surface area contributed by atoms with E-state index in [1.165, 1.54) is 48.2 Å². The van der Waals surface area contributed by atoms with Gasteiger partial charge in [-0.25, -0.2) is 9.97 Å². The van der Waals surface area contributed by atoms with E-state index in [0.717, 1.165) is 77.7 Å². The molecule has 0 spiro atoms. The largest absolute Gasteiger partial charge is 0.333 e. The number of nitrogens with zero attached hydrogens (tertiary/aromatic N) is 8. The number of imidazole rings is 2. The lowest BCUT2D eigenvalue weighted by atomic mass is 10.2. The van der Waals surface area contributed by atoms with Gasteiger partial charge in [-0.2, -0.15) is 43.8 Å². The molecule has 10 rings (SSSR count). The van der Waals surface area contributed by atoms with E-state index in [1.807, 2.05) is 61.4 Å². The fourth-order valence-corrected chi connectivity index (χ4v) is 10.6. The molecule has 0 unspecified atom stereocenters. The molecular formula is C54H80N8O6S4. The smallest absolute Gasteiger partial charge is 0.264 e. The molecule has 0 N–H and O–H groups in total. The lowest BCUT2D eigenvalue weighted by Gasteiger charge is -2.16. The van der Waals surface area contributed by atoms with Crippen molar-refractivity contribution in [3.63, 3.8) is 0 Å². The molecule has 4 saturated heterocycles. The van der Waals surface area contributed by atoms with Gasteiger partial charge in [0.25, 0.3) is 20.2 Å². The number of benzene rings is 4. The molecule has 396 valence electrons. The standard InChI is InChI=1S/2C14H17N3.2C12H17NO3S.2CH4.2H2S/c2*1-2-4-13(5-3-1)10-16-8-6-14(11-16)17-9-7-15-12-17;2*1-17(14,15)16-12-7-8-13(10-12)9-11-5-3-2-4-6-11;;;;/h2*1-5,7,9,12,14H,6,8,10-11H2;2*2-6,12H,7-10H2,1H3;2*1H4;2*1H2/t2*14-;2*12-;;;;/m1010..../s1. The van der Waals surface area contributed by atoms with E-state index in [9.17, 15) is 16.8 Å². The highest BCUT2D eigenvalue weighted by molar-refractivity contribution is 7.86. The first-order valence-corrected chi connectivity index (χ1v) is 27.3. The Morgan fingerprint density at radius 3 is 0.986 bits per heavy atom. The summed E-state index contributed by atoms with van der Waals surface area (Å²) in [6.45, 7) is 11.6. The highest BCUT2D eigenvalue weighted by atomic mass is 32.2. The summed E-state index contributed by atoms with van der Waals surface area (Å²) in [5.74, 6) is 0. The van der Waals surface area contributed by atoms with Gasteiger partial charge < -0.3 is 9.13 Å². The molecule has 0 aliphatic carbocycles. The minimum atomic E-state index is -3.33. The van der Waals surface area contributed by atoms with Gasteiger partial charge in [0.1, 0.15) is 0 Å². The lowest BCUT2D eigenvalue weighted by Crippen LogP contribution is -2.24. The minimum Gasteiger partial charge on any atom is -0.333 e. The van der Waals surface area contributed by atoms with Gasteiger partial charge in [-0.1, -0.05) is 136 Å². The third kappa shape index (κ3) is 22.0. The molecule has 18 heteroatoms. The summed E-state index contributed by atoms with van der Waals surface area (Å²) in [4.78, 5) is 17.7. The zero-order valence-corrected chi connectivity index (χ0v) is 44.1. The first kappa shape index (κ1) is 62.0. The van der Waals surface area contributed by atoms with Gasteiger partial charge in [-0.3, -0.25) is 28.0 Å². The third-order valence-electron chi connectivity index (χ3n) is 12.5. The Balaban J connectivity index is 0.000000249. The van der Waals surface area contributed by atoms with Crippen molar-refractivity contribution in [3.05, 3.63) is 181 Å². The zero-order chi connectivity index (χ0) is 47.6. The van der Waals surface area contributed by atoms with Crippen molar-refractivity contribution in [2.45, 2.75) is 91.0 Å². The second kappa shape index (κ2) is 31.4. The van der Waals surface area contributed by atoms with Gasteiger partial charge in [-0.05, 0) is 47.9 Å². The molecule has 4 fully saturated rings. The van der Waals surface area contributed by atoms with Crippen LogP contribution in [0.5, 0.6) is 0 Å². The molecule has 0 radical (unpaired) electrons. The monoisotopic (exact) mass is 1060 g/mol. The highest BCUT2D eigenvalue weighted by Crippen LogP contribution is 2.24. The third-order valence-corrected chi connectivity index (χ3v) is 13.7. The number of hydrogen-bond acceptors (Lipinski definition) is 12. The molecule has 6 heterocycles. The van der Waals surface area contributed by atoms with E-state index in [2.05, 4.69) is 136 Å². The molecule has 72 heavy (non-hydrogen) atoms. The molecule has 4 atom stereocenters. The van der Waals surface area contributed by atoms with E-state index in [0.29, 0.717) is 25.2 Å². The number of aromatic nitrogens is 4. The Bertz CT molecular complexity index is 2370. The molecule has 6 aromatic rings. The molecule has 2 aromatic heterocycles. The van der Waals surface area contributed by atoms with Crippen molar-refractivity contribution in [1.82, 2.24) is 38.7 Å². The number of likely N-dealkylation sites (tertiary alicyclic amines) is 4. The number of hydrogen-bond donors (Lipinski definition) is 0. The average Bonchev–Trinajstić information content (AvgIpc) is 4.19. The van der Waals surface area contributed by atoms with Crippen molar-refractivity contribution in [3.8, 4) is 0 Å². The molecule has 4 aromatic carbocycles. The molecule has 0 saturated carbocycles. The summed E-state index contributed by atoms with van der Waals surface area (Å²) >= 11 is 0. The van der Waals surface area contributed by atoms with Gasteiger partial charge in [0.05, 0.1) is 37.4 Å². The molecular weight excluding hydrogens is 985 g/mol. The summed E-state index contributed by atoms with van der Waals surface area (Å²) in [6, 6.07) is 42.9. The van der Waals surface area contributed by atoms with Gasteiger partial charge in [0.15, 0.2) is 0 Å².